The molecule has 2 N–H and O–H groups in total. The van der Waals surface area contributed by atoms with E-state index >= 15 is 0 Å². The van der Waals surface area contributed by atoms with Crippen molar-refractivity contribution in [1.29, 1.82) is 0 Å². The maximum absolute atomic E-state index is 5.79. The van der Waals surface area contributed by atoms with E-state index in [1.165, 1.54) is 0 Å². The highest BCUT2D eigenvalue weighted by Crippen LogP contribution is 2.31. The predicted octanol–water partition coefficient (Wildman–Crippen LogP) is 3.62. The number of benzene rings is 2. The summed E-state index contributed by atoms with van der Waals surface area (Å²) in [6.45, 7) is 0.437. The molecular weight excluding hydrogens is 294 g/mol. The maximum atomic E-state index is 5.79. The van der Waals surface area contributed by atoms with Crippen molar-refractivity contribution in [2.24, 2.45) is 0 Å². The zero-order valence-corrected chi connectivity index (χ0v) is 11.6. The molecule has 0 atom stereocenters. The first kappa shape index (κ1) is 12.8. The fraction of sp³-hybridized carbons (Fsp3) is 0.143. The molecule has 2 rings (SSSR count). The maximum Gasteiger partial charge on any atom is 0.136 e. The van der Waals surface area contributed by atoms with Gasteiger partial charge in [-0.3, -0.25) is 0 Å². The van der Waals surface area contributed by atoms with Crippen LogP contribution in [0.25, 0.3) is 0 Å². The fourth-order valence-electron chi connectivity index (χ4n) is 1.62. The van der Waals surface area contributed by atoms with Crippen molar-refractivity contribution in [3.8, 4) is 11.5 Å². The lowest BCUT2D eigenvalue weighted by Gasteiger charge is -2.11. The zero-order valence-electron chi connectivity index (χ0n) is 10.0. The molecule has 0 aliphatic heterocycles. The monoisotopic (exact) mass is 307 g/mol. The Balaban J connectivity index is 2.14. The van der Waals surface area contributed by atoms with Gasteiger partial charge >= 0.3 is 0 Å². The molecule has 0 aliphatic carbocycles. The number of nitrogen functional groups attached to an aromatic ring is 1. The van der Waals surface area contributed by atoms with Crippen molar-refractivity contribution in [3.05, 3.63) is 52.5 Å². The van der Waals surface area contributed by atoms with Crippen molar-refractivity contribution in [2.45, 2.75) is 6.61 Å². The van der Waals surface area contributed by atoms with Crippen LogP contribution in [-0.4, -0.2) is 7.11 Å². The summed E-state index contributed by atoms with van der Waals surface area (Å²) in [6.07, 6.45) is 0. The Bertz CT molecular complexity index is 543. The summed E-state index contributed by atoms with van der Waals surface area (Å²) in [6, 6.07) is 13.3. The SMILES string of the molecule is COc1ccccc1COc1cccc(N)c1Br. The molecule has 0 aliphatic rings. The third-order valence-electron chi connectivity index (χ3n) is 2.57. The van der Waals surface area contributed by atoms with Crippen LogP contribution in [0, 0.1) is 0 Å². The predicted molar refractivity (Wildman–Crippen MR) is 75.9 cm³/mol. The number of nitrogens with two attached hydrogens (primary N) is 1. The minimum atomic E-state index is 0.437. The van der Waals surface area contributed by atoms with E-state index in [1.54, 1.807) is 7.11 Å². The summed E-state index contributed by atoms with van der Waals surface area (Å²) in [7, 11) is 1.65. The first-order valence-corrected chi connectivity index (χ1v) is 6.30. The molecule has 0 amide bonds. The second-order valence-corrected chi connectivity index (χ2v) is 4.55. The van der Waals surface area contributed by atoms with Crippen LogP contribution < -0.4 is 15.2 Å². The number of halogens is 1. The van der Waals surface area contributed by atoms with Crippen LogP contribution >= 0.6 is 15.9 Å². The molecule has 0 bridgehead atoms. The van der Waals surface area contributed by atoms with Crippen molar-refractivity contribution in [3.63, 3.8) is 0 Å². The van der Waals surface area contributed by atoms with E-state index in [0.29, 0.717) is 12.3 Å². The average Bonchev–Trinajstić information content (AvgIpc) is 2.41. The molecule has 0 fully saturated rings. The van der Waals surface area contributed by atoms with Crippen LogP contribution in [0.2, 0.25) is 0 Å². The van der Waals surface area contributed by atoms with E-state index in [2.05, 4.69) is 15.9 Å². The van der Waals surface area contributed by atoms with Crippen LogP contribution in [0.1, 0.15) is 5.56 Å². The van der Waals surface area contributed by atoms with Gasteiger partial charge in [-0.2, -0.15) is 0 Å². The highest BCUT2D eigenvalue weighted by molar-refractivity contribution is 9.10. The van der Waals surface area contributed by atoms with Crippen LogP contribution in [0.5, 0.6) is 11.5 Å². The Kier molecular flexibility index (Phi) is 4.10. The molecule has 0 unspecified atom stereocenters. The molecule has 3 nitrogen and oxygen atoms in total. The molecule has 2 aromatic carbocycles. The smallest absolute Gasteiger partial charge is 0.136 e. The number of hydrogen-bond acceptors (Lipinski definition) is 3. The Morgan fingerprint density at radius 1 is 1.06 bits per heavy atom. The van der Waals surface area contributed by atoms with Crippen LogP contribution in [-0.2, 0) is 6.61 Å². The zero-order chi connectivity index (χ0) is 13.0. The summed E-state index contributed by atoms with van der Waals surface area (Å²) in [5, 5.41) is 0. The summed E-state index contributed by atoms with van der Waals surface area (Å²) in [5.74, 6) is 1.54. The lowest BCUT2D eigenvalue weighted by molar-refractivity contribution is 0.295. The second-order valence-electron chi connectivity index (χ2n) is 3.76. The van der Waals surface area contributed by atoms with Gasteiger partial charge in [-0.15, -0.1) is 0 Å². The number of ether oxygens (including phenoxy) is 2. The van der Waals surface area contributed by atoms with Crippen LogP contribution in [0.3, 0.4) is 0 Å². The highest BCUT2D eigenvalue weighted by Gasteiger charge is 2.06. The van der Waals surface area contributed by atoms with Gasteiger partial charge in [0.1, 0.15) is 18.1 Å². The topological polar surface area (TPSA) is 44.5 Å². The van der Waals surface area contributed by atoms with Crippen molar-refractivity contribution >= 4 is 21.6 Å². The molecule has 2 aromatic rings. The fourth-order valence-corrected chi connectivity index (χ4v) is 2.00. The standard InChI is InChI=1S/C14H14BrNO2/c1-17-12-7-3-2-5-10(12)9-18-13-8-4-6-11(16)14(13)15/h2-8H,9,16H2,1H3. The largest absolute Gasteiger partial charge is 0.496 e. The van der Waals surface area contributed by atoms with Gasteiger partial charge in [0.05, 0.1) is 11.6 Å². The number of rotatable bonds is 4. The van der Waals surface area contributed by atoms with E-state index in [0.717, 1.165) is 21.5 Å². The molecule has 4 heteroatoms. The molecule has 0 saturated heterocycles. The third kappa shape index (κ3) is 2.76. The van der Waals surface area contributed by atoms with Gasteiger partial charge in [0, 0.05) is 11.3 Å². The van der Waals surface area contributed by atoms with Crippen molar-refractivity contribution in [2.75, 3.05) is 12.8 Å². The van der Waals surface area contributed by atoms with Gasteiger partial charge in [-0.25, -0.2) is 0 Å². The number of anilines is 1. The van der Waals surface area contributed by atoms with E-state index in [1.807, 2.05) is 42.5 Å². The summed E-state index contributed by atoms with van der Waals surface area (Å²) in [5.41, 5.74) is 7.45. The van der Waals surface area contributed by atoms with E-state index in [4.69, 9.17) is 15.2 Å². The van der Waals surface area contributed by atoms with Crippen molar-refractivity contribution < 1.29 is 9.47 Å². The lowest BCUT2D eigenvalue weighted by Crippen LogP contribution is -1.99. The molecule has 94 valence electrons. The average molecular weight is 308 g/mol. The molecule has 0 radical (unpaired) electrons. The Morgan fingerprint density at radius 3 is 2.56 bits per heavy atom. The quantitative estimate of drug-likeness (QED) is 0.877. The summed E-state index contributed by atoms with van der Waals surface area (Å²) >= 11 is 3.41. The van der Waals surface area contributed by atoms with Gasteiger partial charge in [-0.1, -0.05) is 24.3 Å². The first-order chi connectivity index (χ1) is 8.72. The number of methoxy groups -OCH3 is 1. The molecule has 0 heterocycles. The highest BCUT2D eigenvalue weighted by atomic mass is 79.9. The van der Waals surface area contributed by atoms with Gasteiger partial charge < -0.3 is 15.2 Å². The van der Waals surface area contributed by atoms with Gasteiger partial charge in [0.15, 0.2) is 0 Å². The summed E-state index contributed by atoms with van der Waals surface area (Å²) < 4.78 is 11.8. The van der Waals surface area contributed by atoms with Crippen molar-refractivity contribution in [1.82, 2.24) is 0 Å². The molecule has 0 aromatic heterocycles. The third-order valence-corrected chi connectivity index (χ3v) is 3.42. The molecule has 18 heavy (non-hydrogen) atoms. The molecular formula is C14H14BrNO2. The van der Waals surface area contributed by atoms with Gasteiger partial charge in [0.2, 0.25) is 0 Å². The minimum Gasteiger partial charge on any atom is -0.496 e. The van der Waals surface area contributed by atoms with Crippen LogP contribution in [0.4, 0.5) is 5.69 Å². The Labute approximate surface area is 115 Å². The Hall–Kier alpha value is -1.68. The second kappa shape index (κ2) is 5.78. The minimum absolute atomic E-state index is 0.437. The van der Waals surface area contributed by atoms with Gasteiger partial charge in [0.25, 0.3) is 0 Å². The Morgan fingerprint density at radius 2 is 1.78 bits per heavy atom. The molecule has 0 saturated carbocycles. The number of hydrogen-bond donors (Lipinski definition) is 1. The normalized spacial score (nSPS) is 10.1. The van der Waals surface area contributed by atoms with Gasteiger partial charge in [-0.05, 0) is 34.1 Å². The first-order valence-electron chi connectivity index (χ1n) is 5.51. The van der Waals surface area contributed by atoms with Crippen LogP contribution in [0.15, 0.2) is 46.9 Å². The number of para-hydroxylation sites is 1. The lowest BCUT2D eigenvalue weighted by atomic mass is 10.2. The van der Waals surface area contributed by atoms with E-state index in [9.17, 15) is 0 Å². The van der Waals surface area contributed by atoms with E-state index in [-0.39, 0.29) is 0 Å². The summed E-state index contributed by atoms with van der Waals surface area (Å²) in [4.78, 5) is 0. The molecule has 0 spiro atoms. The van der Waals surface area contributed by atoms with E-state index < -0.39 is 0 Å².